The maximum Gasteiger partial charge on any atom is 0.223 e. The summed E-state index contributed by atoms with van der Waals surface area (Å²) in [4.78, 5) is 23.2. The van der Waals surface area contributed by atoms with Crippen LogP contribution in [-0.2, 0) is 17.6 Å². The summed E-state index contributed by atoms with van der Waals surface area (Å²) >= 11 is 5.70. The fourth-order valence-corrected chi connectivity index (χ4v) is 4.00. The average molecular weight is 346 g/mol. The quantitative estimate of drug-likeness (QED) is 0.855. The minimum atomic E-state index is -0.439. The number of aromatic nitrogens is 2. The number of benzene rings is 1. The number of amides is 1. The van der Waals surface area contributed by atoms with Crippen LogP contribution in [0.4, 0.5) is 4.39 Å². The highest BCUT2D eigenvalue weighted by Crippen LogP contribution is 2.43. The lowest BCUT2D eigenvalue weighted by molar-refractivity contribution is -0.134. The van der Waals surface area contributed by atoms with E-state index in [1.807, 2.05) is 11.1 Å². The molecule has 2 aliphatic heterocycles. The lowest BCUT2D eigenvalue weighted by Gasteiger charge is -2.35. The summed E-state index contributed by atoms with van der Waals surface area (Å²) in [6, 6.07) is 5.03. The van der Waals surface area contributed by atoms with E-state index >= 15 is 0 Å². The van der Waals surface area contributed by atoms with Crippen molar-refractivity contribution >= 4 is 17.5 Å². The van der Waals surface area contributed by atoms with Crippen LogP contribution in [0.2, 0.25) is 5.02 Å². The summed E-state index contributed by atoms with van der Waals surface area (Å²) in [5, 5.41) is 0.107. The van der Waals surface area contributed by atoms with Crippen molar-refractivity contribution in [2.24, 2.45) is 0 Å². The van der Waals surface area contributed by atoms with Gasteiger partial charge in [0, 0.05) is 30.6 Å². The molecule has 0 saturated carbocycles. The molecule has 1 fully saturated rings. The van der Waals surface area contributed by atoms with E-state index in [0.29, 0.717) is 12.8 Å². The normalized spacial score (nSPS) is 21.7. The monoisotopic (exact) mass is 345 g/mol. The Balaban J connectivity index is 1.48. The Morgan fingerprint density at radius 2 is 2.25 bits per heavy atom. The molecule has 2 bridgehead atoms. The molecule has 1 aromatic carbocycles. The van der Waals surface area contributed by atoms with Crippen LogP contribution in [0, 0.1) is 5.82 Å². The molecule has 2 aromatic rings. The molecule has 124 valence electrons. The van der Waals surface area contributed by atoms with Gasteiger partial charge in [0.25, 0.3) is 0 Å². The van der Waals surface area contributed by atoms with Crippen molar-refractivity contribution in [1.82, 2.24) is 14.9 Å². The average Bonchev–Trinajstić information content (AvgIpc) is 2.91. The van der Waals surface area contributed by atoms with Crippen LogP contribution in [0.25, 0.3) is 0 Å². The lowest BCUT2D eigenvalue weighted by Crippen LogP contribution is -2.42. The van der Waals surface area contributed by atoms with Crippen LogP contribution in [0.1, 0.15) is 42.1 Å². The van der Waals surface area contributed by atoms with Crippen molar-refractivity contribution in [3.63, 3.8) is 0 Å². The van der Waals surface area contributed by atoms with Gasteiger partial charge in [-0.1, -0.05) is 17.7 Å². The number of nitrogens with zero attached hydrogens (tertiary/aromatic N) is 3. The zero-order valence-corrected chi connectivity index (χ0v) is 13.8. The molecule has 2 atom stereocenters. The van der Waals surface area contributed by atoms with Crippen LogP contribution < -0.4 is 0 Å². The molecular weight excluding hydrogens is 329 g/mol. The molecule has 1 saturated heterocycles. The van der Waals surface area contributed by atoms with Crippen molar-refractivity contribution < 1.29 is 9.18 Å². The zero-order chi connectivity index (χ0) is 16.7. The summed E-state index contributed by atoms with van der Waals surface area (Å²) in [6.07, 6.45) is 7.07. The maximum absolute atomic E-state index is 13.5. The number of hydrogen-bond donors (Lipinski definition) is 0. The van der Waals surface area contributed by atoms with Gasteiger partial charge in [-0.15, -0.1) is 0 Å². The van der Waals surface area contributed by atoms with Gasteiger partial charge in [-0.2, -0.15) is 0 Å². The molecule has 1 amide bonds. The highest BCUT2D eigenvalue weighted by atomic mass is 35.5. The van der Waals surface area contributed by atoms with E-state index in [2.05, 4.69) is 9.97 Å². The molecular formula is C18H17ClFN3O. The van der Waals surface area contributed by atoms with Gasteiger partial charge in [-0.05, 0) is 37.0 Å². The summed E-state index contributed by atoms with van der Waals surface area (Å²) in [5.41, 5.74) is 2.94. The number of hydrogen-bond acceptors (Lipinski definition) is 3. The van der Waals surface area contributed by atoms with E-state index in [1.54, 1.807) is 12.4 Å². The summed E-state index contributed by atoms with van der Waals surface area (Å²) in [5.74, 6) is -0.321. The molecule has 24 heavy (non-hydrogen) atoms. The standard InChI is InChI=1S/C18H17ClFN3O/c19-14-4-1-11(7-15(14)20)2-6-18(24)23-12-3-5-17(23)13-9-21-10-22-16(13)8-12/h1,4,7,9-10,12,17H,2-3,5-6,8H2/t12-,17-/m0/s1. The first-order valence-corrected chi connectivity index (χ1v) is 8.55. The predicted octanol–water partition coefficient (Wildman–Crippen LogP) is 3.49. The fourth-order valence-electron chi connectivity index (χ4n) is 3.88. The number of fused-ring (bicyclic) bond motifs is 4. The topological polar surface area (TPSA) is 46.1 Å². The number of carbonyl (C=O) groups excluding carboxylic acids is 1. The van der Waals surface area contributed by atoms with Gasteiger partial charge in [0.1, 0.15) is 12.1 Å². The first kappa shape index (κ1) is 15.5. The van der Waals surface area contributed by atoms with Crippen molar-refractivity contribution in [1.29, 1.82) is 0 Å². The van der Waals surface area contributed by atoms with Crippen LogP contribution in [-0.4, -0.2) is 26.8 Å². The smallest absolute Gasteiger partial charge is 0.223 e. The minimum Gasteiger partial charge on any atom is -0.332 e. The van der Waals surface area contributed by atoms with Crippen LogP contribution in [0.15, 0.2) is 30.7 Å². The second-order valence-corrected chi connectivity index (χ2v) is 6.83. The SMILES string of the molecule is O=C(CCc1ccc(Cl)c(F)c1)N1[C@H]2CC[C@H]1c1cncnc1C2. The van der Waals surface area contributed by atoms with Gasteiger partial charge in [-0.25, -0.2) is 14.4 Å². The zero-order valence-electron chi connectivity index (χ0n) is 13.1. The number of aryl methyl sites for hydroxylation is 1. The first-order valence-electron chi connectivity index (χ1n) is 8.17. The second-order valence-electron chi connectivity index (χ2n) is 6.43. The van der Waals surface area contributed by atoms with Crippen molar-refractivity contribution in [2.45, 2.75) is 44.2 Å². The van der Waals surface area contributed by atoms with Gasteiger partial charge < -0.3 is 4.90 Å². The number of halogens is 2. The van der Waals surface area contributed by atoms with Crippen molar-refractivity contribution in [3.05, 3.63) is 58.4 Å². The minimum absolute atomic E-state index is 0.0920. The third-order valence-corrected chi connectivity index (χ3v) is 5.32. The molecule has 0 unspecified atom stereocenters. The first-order chi connectivity index (χ1) is 11.6. The Labute approximate surface area is 144 Å². The molecule has 2 aliphatic rings. The summed E-state index contributed by atoms with van der Waals surface area (Å²) in [7, 11) is 0. The molecule has 0 aliphatic carbocycles. The fraction of sp³-hybridized carbons (Fsp3) is 0.389. The summed E-state index contributed by atoms with van der Waals surface area (Å²) in [6.45, 7) is 0. The highest BCUT2D eigenvalue weighted by Gasteiger charge is 2.42. The summed E-state index contributed by atoms with van der Waals surface area (Å²) < 4.78 is 13.5. The Morgan fingerprint density at radius 3 is 3.08 bits per heavy atom. The van der Waals surface area contributed by atoms with E-state index < -0.39 is 5.82 Å². The Kier molecular flexibility index (Phi) is 3.96. The molecule has 4 rings (SSSR count). The molecule has 1 aromatic heterocycles. The largest absolute Gasteiger partial charge is 0.332 e. The van der Waals surface area contributed by atoms with Gasteiger partial charge >= 0.3 is 0 Å². The van der Waals surface area contributed by atoms with Crippen molar-refractivity contribution in [3.8, 4) is 0 Å². The molecule has 4 nitrogen and oxygen atoms in total. The maximum atomic E-state index is 13.5. The molecule has 6 heteroatoms. The van der Waals surface area contributed by atoms with E-state index in [1.165, 1.54) is 12.1 Å². The Hall–Kier alpha value is -2.01. The predicted molar refractivity (Wildman–Crippen MR) is 88.1 cm³/mol. The second kappa shape index (κ2) is 6.13. The molecule has 3 heterocycles. The molecule has 0 spiro atoms. The van der Waals surface area contributed by atoms with Crippen LogP contribution >= 0.6 is 11.6 Å². The molecule has 0 N–H and O–H groups in total. The Morgan fingerprint density at radius 1 is 1.38 bits per heavy atom. The van der Waals surface area contributed by atoms with E-state index in [0.717, 1.165) is 36.1 Å². The van der Waals surface area contributed by atoms with Gasteiger partial charge in [0.05, 0.1) is 16.8 Å². The third kappa shape index (κ3) is 2.67. The Bertz CT molecular complexity index is 798. The van der Waals surface area contributed by atoms with Crippen LogP contribution in [0.5, 0.6) is 0 Å². The molecule has 0 radical (unpaired) electrons. The highest BCUT2D eigenvalue weighted by molar-refractivity contribution is 6.30. The number of rotatable bonds is 3. The third-order valence-electron chi connectivity index (χ3n) is 5.02. The van der Waals surface area contributed by atoms with E-state index in [4.69, 9.17) is 11.6 Å². The van der Waals surface area contributed by atoms with Gasteiger partial charge in [0.15, 0.2) is 0 Å². The number of carbonyl (C=O) groups is 1. The lowest BCUT2D eigenvalue weighted by atomic mass is 9.98. The van der Waals surface area contributed by atoms with E-state index in [9.17, 15) is 9.18 Å². The van der Waals surface area contributed by atoms with Gasteiger partial charge in [-0.3, -0.25) is 4.79 Å². The van der Waals surface area contributed by atoms with E-state index in [-0.39, 0.29) is 23.0 Å². The van der Waals surface area contributed by atoms with Gasteiger partial charge in [0.2, 0.25) is 5.91 Å². The van der Waals surface area contributed by atoms with Crippen molar-refractivity contribution in [2.75, 3.05) is 0 Å². The van der Waals surface area contributed by atoms with Crippen LogP contribution in [0.3, 0.4) is 0 Å².